The quantitative estimate of drug-likeness (QED) is 0.223. The molecule has 0 aliphatic heterocycles. The molecule has 0 saturated heterocycles. The first-order valence-corrected chi connectivity index (χ1v) is 14.0. The molecule has 0 radical (unpaired) electrons. The minimum atomic E-state index is -1.32. The third kappa shape index (κ3) is 11.2. The summed E-state index contributed by atoms with van der Waals surface area (Å²) in [5.74, 6) is -4.92. The summed E-state index contributed by atoms with van der Waals surface area (Å²) in [4.78, 5) is 75.6. The SMILES string of the molecule is CCCC(NC(=O)[C@@H](NC(=O)[C@@H](NC(=O)OC(C)(C)C)C1CCCCC1)c1ccccc1)C(=O)C(=O)NCC(=O)O. The zero-order valence-electron chi connectivity index (χ0n) is 24.2. The summed E-state index contributed by atoms with van der Waals surface area (Å²) < 4.78 is 5.39. The van der Waals surface area contributed by atoms with Crippen LogP contribution in [0.25, 0.3) is 0 Å². The van der Waals surface area contributed by atoms with Gasteiger partial charge >= 0.3 is 12.1 Å². The van der Waals surface area contributed by atoms with Gasteiger partial charge in [0.05, 0.1) is 6.04 Å². The molecule has 1 unspecified atom stereocenters. The van der Waals surface area contributed by atoms with Gasteiger partial charge in [0.2, 0.25) is 17.6 Å². The van der Waals surface area contributed by atoms with E-state index in [1.807, 2.05) is 5.32 Å². The molecule has 12 heteroatoms. The molecule has 1 aliphatic carbocycles. The van der Waals surface area contributed by atoms with E-state index in [1.54, 1.807) is 58.0 Å². The average molecular weight is 575 g/mol. The Hall–Kier alpha value is -3.96. The molecule has 0 bridgehead atoms. The van der Waals surface area contributed by atoms with Crippen molar-refractivity contribution >= 4 is 35.6 Å². The van der Waals surface area contributed by atoms with Crippen molar-refractivity contribution in [2.24, 2.45) is 5.92 Å². The predicted octanol–water partition coefficient (Wildman–Crippen LogP) is 2.37. The van der Waals surface area contributed by atoms with Crippen LogP contribution in [0.1, 0.15) is 84.2 Å². The van der Waals surface area contributed by atoms with E-state index in [2.05, 4.69) is 16.0 Å². The van der Waals surface area contributed by atoms with Crippen molar-refractivity contribution < 1.29 is 38.6 Å². The van der Waals surface area contributed by atoms with Crippen molar-refractivity contribution in [3.05, 3.63) is 35.9 Å². The molecule has 41 heavy (non-hydrogen) atoms. The first kappa shape index (κ1) is 33.2. The molecule has 1 aromatic rings. The van der Waals surface area contributed by atoms with Crippen molar-refractivity contribution in [1.82, 2.24) is 21.3 Å². The maximum atomic E-state index is 13.7. The van der Waals surface area contributed by atoms with Gasteiger partial charge in [0.1, 0.15) is 24.2 Å². The zero-order valence-corrected chi connectivity index (χ0v) is 24.2. The molecule has 1 saturated carbocycles. The van der Waals surface area contributed by atoms with Crippen LogP contribution >= 0.6 is 0 Å². The number of aliphatic carboxylic acids is 1. The fourth-order valence-electron chi connectivity index (χ4n) is 4.69. The highest BCUT2D eigenvalue weighted by Gasteiger charge is 2.36. The number of benzene rings is 1. The number of rotatable bonds is 13. The Kier molecular flexibility index (Phi) is 12.8. The van der Waals surface area contributed by atoms with Gasteiger partial charge in [0.15, 0.2) is 0 Å². The highest BCUT2D eigenvalue weighted by atomic mass is 16.6. The maximum absolute atomic E-state index is 13.7. The van der Waals surface area contributed by atoms with Gasteiger partial charge < -0.3 is 31.1 Å². The lowest BCUT2D eigenvalue weighted by Gasteiger charge is -2.32. The van der Waals surface area contributed by atoms with E-state index in [9.17, 15) is 28.8 Å². The van der Waals surface area contributed by atoms with Gasteiger partial charge in [0.25, 0.3) is 5.91 Å². The molecule has 1 aromatic carbocycles. The molecule has 5 N–H and O–H groups in total. The number of alkyl carbamates (subject to hydrolysis) is 1. The van der Waals surface area contributed by atoms with Gasteiger partial charge in [-0.1, -0.05) is 62.9 Å². The van der Waals surface area contributed by atoms with E-state index in [-0.39, 0.29) is 12.3 Å². The third-order valence-electron chi connectivity index (χ3n) is 6.59. The van der Waals surface area contributed by atoms with E-state index in [1.165, 1.54) is 0 Å². The molecule has 3 atom stereocenters. The lowest BCUT2D eigenvalue weighted by Crippen LogP contribution is -2.55. The van der Waals surface area contributed by atoms with Crippen LogP contribution in [0, 0.1) is 5.92 Å². The molecule has 1 fully saturated rings. The Morgan fingerprint density at radius 1 is 0.927 bits per heavy atom. The molecule has 2 rings (SSSR count). The highest BCUT2D eigenvalue weighted by molar-refractivity contribution is 6.38. The second-order valence-electron chi connectivity index (χ2n) is 11.2. The van der Waals surface area contributed by atoms with Crippen LogP contribution in [0.5, 0.6) is 0 Å². The van der Waals surface area contributed by atoms with Crippen LogP contribution in [-0.2, 0) is 28.7 Å². The molecule has 0 aromatic heterocycles. The summed E-state index contributed by atoms with van der Waals surface area (Å²) in [6, 6.07) is 4.95. The Morgan fingerprint density at radius 3 is 2.12 bits per heavy atom. The number of carboxylic acids is 1. The number of ketones is 1. The number of hydrogen-bond acceptors (Lipinski definition) is 7. The molecule has 1 aliphatic rings. The topological polar surface area (TPSA) is 180 Å². The molecular formula is C29H42N4O8. The molecule has 0 spiro atoms. The lowest BCUT2D eigenvalue weighted by molar-refractivity contribution is -0.143. The first-order chi connectivity index (χ1) is 19.3. The van der Waals surface area contributed by atoms with Crippen LogP contribution in [-0.4, -0.2) is 64.9 Å². The van der Waals surface area contributed by atoms with Crippen molar-refractivity contribution in [1.29, 1.82) is 0 Å². The average Bonchev–Trinajstić information content (AvgIpc) is 2.92. The minimum Gasteiger partial charge on any atom is -0.480 e. The summed E-state index contributed by atoms with van der Waals surface area (Å²) >= 11 is 0. The van der Waals surface area contributed by atoms with Crippen molar-refractivity contribution in [2.75, 3.05) is 6.54 Å². The lowest BCUT2D eigenvalue weighted by atomic mass is 9.83. The van der Waals surface area contributed by atoms with Crippen LogP contribution in [0.2, 0.25) is 0 Å². The Labute approximate surface area is 240 Å². The second-order valence-corrected chi connectivity index (χ2v) is 11.2. The molecule has 4 amide bonds. The number of hydrogen-bond donors (Lipinski definition) is 5. The smallest absolute Gasteiger partial charge is 0.408 e. The van der Waals surface area contributed by atoms with Crippen LogP contribution < -0.4 is 21.3 Å². The number of ether oxygens (including phenoxy) is 1. The van der Waals surface area contributed by atoms with Gasteiger partial charge in [-0.05, 0) is 51.5 Å². The van der Waals surface area contributed by atoms with E-state index in [0.717, 1.165) is 19.3 Å². The number of carbonyl (C=O) groups is 6. The van der Waals surface area contributed by atoms with E-state index >= 15 is 0 Å². The van der Waals surface area contributed by atoms with Gasteiger partial charge in [-0.25, -0.2) is 4.79 Å². The van der Waals surface area contributed by atoms with Gasteiger partial charge in [-0.2, -0.15) is 0 Å². The Balaban J connectivity index is 2.30. The monoisotopic (exact) mass is 574 g/mol. The summed E-state index contributed by atoms with van der Waals surface area (Å²) in [5, 5.41) is 18.8. The molecule has 0 heterocycles. The van der Waals surface area contributed by atoms with E-state index in [4.69, 9.17) is 9.84 Å². The summed E-state index contributed by atoms with van der Waals surface area (Å²) in [5.41, 5.74) is -0.349. The largest absolute Gasteiger partial charge is 0.480 e. The predicted molar refractivity (Wildman–Crippen MR) is 150 cm³/mol. The van der Waals surface area contributed by atoms with Gasteiger partial charge in [-0.15, -0.1) is 0 Å². The number of amides is 4. The number of carboxylic acid groups (broad SMARTS) is 1. The molecule has 226 valence electrons. The normalized spacial score (nSPS) is 15.9. The molecular weight excluding hydrogens is 532 g/mol. The summed E-state index contributed by atoms with van der Waals surface area (Å²) in [7, 11) is 0. The standard InChI is InChI=1S/C29H42N4O8/c1-5-12-20(24(36)27(39)30-17-21(34)35)31-25(37)22(18-13-8-6-9-14-18)32-26(38)23(19-15-10-7-11-16-19)33-28(40)41-29(2,3)4/h6,8-9,13-14,19-20,22-23H,5,7,10-12,15-17H2,1-4H3,(H,30,39)(H,31,37)(H,32,38)(H,33,40)(H,34,35)/t20?,22-,23-/m0/s1. The van der Waals surface area contributed by atoms with Crippen molar-refractivity contribution in [2.45, 2.75) is 96.4 Å². The molecule has 12 nitrogen and oxygen atoms in total. The minimum absolute atomic E-state index is 0.116. The zero-order chi connectivity index (χ0) is 30.6. The number of Topliss-reactive ketones (excluding diaryl/α,β-unsaturated/α-hetero) is 1. The van der Waals surface area contributed by atoms with Crippen molar-refractivity contribution in [3.8, 4) is 0 Å². The van der Waals surface area contributed by atoms with E-state index in [0.29, 0.717) is 24.8 Å². The Bertz CT molecular complexity index is 1080. The van der Waals surface area contributed by atoms with E-state index < -0.39 is 65.8 Å². The van der Waals surface area contributed by atoms with Crippen LogP contribution in [0.15, 0.2) is 30.3 Å². The summed E-state index contributed by atoms with van der Waals surface area (Å²) in [6.45, 7) is 6.17. The van der Waals surface area contributed by atoms with Crippen LogP contribution in [0.4, 0.5) is 4.79 Å². The maximum Gasteiger partial charge on any atom is 0.408 e. The second kappa shape index (κ2) is 15.7. The third-order valence-corrected chi connectivity index (χ3v) is 6.59. The highest BCUT2D eigenvalue weighted by Crippen LogP contribution is 2.27. The van der Waals surface area contributed by atoms with Crippen molar-refractivity contribution in [3.63, 3.8) is 0 Å². The first-order valence-electron chi connectivity index (χ1n) is 14.0. The summed E-state index contributed by atoms with van der Waals surface area (Å²) in [6.07, 6.45) is 4.07. The Morgan fingerprint density at radius 2 is 1.56 bits per heavy atom. The number of carbonyl (C=O) groups excluding carboxylic acids is 5. The fraction of sp³-hybridized carbons (Fsp3) is 0.586. The van der Waals surface area contributed by atoms with Crippen LogP contribution in [0.3, 0.4) is 0 Å². The fourth-order valence-corrected chi connectivity index (χ4v) is 4.69. The van der Waals surface area contributed by atoms with Gasteiger partial charge in [-0.3, -0.25) is 24.0 Å². The van der Waals surface area contributed by atoms with Gasteiger partial charge in [0, 0.05) is 0 Å². The number of nitrogens with one attached hydrogen (secondary N) is 4.